The first-order valence-corrected chi connectivity index (χ1v) is 10.8. The topological polar surface area (TPSA) is 70.7 Å². The molecule has 1 atom stereocenters. The number of rotatable bonds is 7. The number of nitrogens with zero attached hydrogens (tertiary/aromatic N) is 1. The summed E-state index contributed by atoms with van der Waals surface area (Å²) >= 11 is 1.58. The second-order valence-corrected chi connectivity index (χ2v) is 8.80. The van der Waals surface area contributed by atoms with Crippen LogP contribution in [0.25, 0.3) is 0 Å². The van der Waals surface area contributed by atoms with Gasteiger partial charge in [0.05, 0.1) is 18.7 Å². The Balaban J connectivity index is 1.70. The van der Waals surface area contributed by atoms with E-state index in [1.807, 2.05) is 0 Å². The Morgan fingerprint density at radius 3 is 2.85 bits per heavy atom. The van der Waals surface area contributed by atoms with Gasteiger partial charge in [-0.2, -0.15) is 0 Å². The van der Waals surface area contributed by atoms with Crippen LogP contribution < -0.4 is 10.6 Å². The summed E-state index contributed by atoms with van der Waals surface area (Å²) in [6.45, 7) is 5.53. The Morgan fingerprint density at radius 1 is 1.26 bits per heavy atom. The SMILES string of the molecule is COCCNC(=O)c1c(NC(=O)CN2CCC[C@@H](C)C2)sc2c1CCCC2. The van der Waals surface area contributed by atoms with Crippen molar-refractivity contribution in [3.05, 3.63) is 16.0 Å². The van der Waals surface area contributed by atoms with Gasteiger partial charge in [0.2, 0.25) is 5.91 Å². The smallest absolute Gasteiger partial charge is 0.254 e. The lowest BCUT2D eigenvalue weighted by Gasteiger charge is -2.30. The predicted octanol–water partition coefficient (Wildman–Crippen LogP) is 2.67. The highest BCUT2D eigenvalue weighted by molar-refractivity contribution is 7.17. The molecule has 3 rings (SSSR count). The average molecular weight is 394 g/mol. The van der Waals surface area contributed by atoms with Crippen LogP contribution in [0.2, 0.25) is 0 Å². The predicted molar refractivity (Wildman–Crippen MR) is 109 cm³/mol. The minimum absolute atomic E-state index is 0.0198. The normalized spacial score (nSPS) is 20.1. The molecule has 2 amide bonds. The van der Waals surface area contributed by atoms with E-state index in [0.29, 0.717) is 36.2 Å². The van der Waals surface area contributed by atoms with Crippen molar-refractivity contribution in [2.24, 2.45) is 5.92 Å². The van der Waals surface area contributed by atoms with E-state index < -0.39 is 0 Å². The number of amides is 2. The molecule has 1 aromatic heterocycles. The summed E-state index contributed by atoms with van der Waals surface area (Å²) in [6, 6.07) is 0. The van der Waals surface area contributed by atoms with Crippen molar-refractivity contribution < 1.29 is 14.3 Å². The van der Waals surface area contributed by atoms with Gasteiger partial charge in [0.25, 0.3) is 5.91 Å². The molecule has 6 nitrogen and oxygen atoms in total. The van der Waals surface area contributed by atoms with Gasteiger partial charge < -0.3 is 15.4 Å². The van der Waals surface area contributed by atoms with E-state index in [1.54, 1.807) is 18.4 Å². The molecule has 1 aliphatic carbocycles. The zero-order chi connectivity index (χ0) is 19.2. The molecule has 0 bridgehead atoms. The number of carbonyl (C=O) groups excluding carboxylic acids is 2. The third-order valence-electron chi connectivity index (χ3n) is 5.35. The van der Waals surface area contributed by atoms with Crippen LogP contribution in [0.15, 0.2) is 0 Å². The molecule has 0 saturated carbocycles. The molecule has 1 saturated heterocycles. The van der Waals surface area contributed by atoms with Crippen LogP contribution in [-0.2, 0) is 22.4 Å². The van der Waals surface area contributed by atoms with Crippen molar-refractivity contribution in [2.45, 2.75) is 45.4 Å². The summed E-state index contributed by atoms with van der Waals surface area (Å²) in [6.07, 6.45) is 6.55. The molecule has 2 aliphatic rings. The van der Waals surface area contributed by atoms with Crippen molar-refractivity contribution in [3.63, 3.8) is 0 Å². The second kappa shape index (κ2) is 9.66. The number of piperidine rings is 1. The molecular weight excluding hydrogens is 362 g/mol. The highest BCUT2D eigenvalue weighted by atomic mass is 32.1. The summed E-state index contributed by atoms with van der Waals surface area (Å²) in [5.41, 5.74) is 1.80. The van der Waals surface area contributed by atoms with Gasteiger partial charge in [-0.25, -0.2) is 0 Å². The number of thiophene rings is 1. The molecule has 0 spiro atoms. The molecule has 27 heavy (non-hydrogen) atoms. The van der Waals surface area contributed by atoms with E-state index in [1.165, 1.54) is 11.3 Å². The van der Waals surface area contributed by atoms with Crippen molar-refractivity contribution >= 4 is 28.2 Å². The van der Waals surface area contributed by atoms with Gasteiger partial charge in [-0.15, -0.1) is 11.3 Å². The molecule has 7 heteroatoms. The molecule has 2 heterocycles. The van der Waals surface area contributed by atoms with Crippen LogP contribution in [0, 0.1) is 5.92 Å². The second-order valence-electron chi connectivity index (χ2n) is 7.69. The first-order valence-electron chi connectivity index (χ1n) is 10.0. The van der Waals surface area contributed by atoms with Gasteiger partial charge in [-0.1, -0.05) is 6.92 Å². The lowest BCUT2D eigenvalue weighted by molar-refractivity contribution is -0.117. The van der Waals surface area contributed by atoms with Crippen molar-refractivity contribution in [1.82, 2.24) is 10.2 Å². The highest BCUT2D eigenvalue weighted by Crippen LogP contribution is 2.38. The van der Waals surface area contributed by atoms with E-state index >= 15 is 0 Å². The first kappa shape index (κ1) is 20.3. The van der Waals surface area contributed by atoms with Crippen molar-refractivity contribution in [1.29, 1.82) is 0 Å². The number of ether oxygens (including phenoxy) is 1. The van der Waals surface area contributed by atoms with Gasteiger partial charge in [0.15, 0.2) is 0 Å². The lowest BCUT2D eigenvalue weighted by Crippen LogP contribution is -2.39. The standard InChI is InChI=1S/C20H31N3O3S/c1-14-6-5-10-23(12-14)13-17(24)22-20-18(19(25)21-9-11-26-2)15-7-3-4-8-16(15)27-20/h14H,3-13H2,1-2H3,(H,21,25)(H,22,24)/t14-/m1/s1. The van der Waals surface area contributed by atoms with Gasteiger partial charge in [-0.05, 0) is 56.6 Å². The third kappa shape index (κ3) is 5.30. The zero-order valence-electron chi connectivity index (χ0n) is 16.4. The molecular formula is C20H31N3O3S. The largest absolute Gasteiger partial charge is 0.383 e. The van der Waals surface area contributed by atoms with Crippen LogP contribution >= 0.6 is 11.3 Å². The number of fused-ring (bicyclic) bond motifs is 1. The number of anilines is 1. The van der Waals surface area contributed by atoms with Crippen LogP contribution in [0.4, 0.5) is 5.00 Å². The number of hydrogen-bond acceptors (Lipinski definition) is 5. The van der Waals surface area contributed by atoms with Crippen molar-refractivity contribution in [3.8, 4) is 0 Å². The summed E-state index contributed by atoms with van der Waals surface area (Å²) in [7, 11) is 1.62. The number of hydrogen-bond donors (Lipinski definition) is 2. The average Bonchev–Trinajstić information content (AvgIpc) is 2.99. The number of likely N-dealkylation sites (tertiary alicyclic amines) is 1. The zero-order valence-corrected chi connectivity index (χ0v) is 17.3. The van der Waals surface area contributed by atoms with Crippen LogP contribution in [-0.4, -0.2) is 56.6 Å². The molecule has 150 valence electrons. The van der Waals surface area contributed by atoms with E-state index in [4.69, 9.17) is 4.74 Å². The fourth-order valence-corrected chi connectivity index (χ4v) is 5.35. The molecule has 1 fully saturated rings. The summed E-state index contributed by atoms with van der Waals surface area (Å²) < 4.78 is 5.02. The van der Waals surface area contributed by atoms with E-state index in [2.05, 4.69) is 22.5 Å². The Labute approximate surface area is 165 Å². The van der Waals surface area contributed by atoms with E-state index in [-0.39, 0.29) is 11.8 Å². The monoisotopic (exact) mass is 393 g/mol. The van der Waals surface area contributed by atoms with E-state index in [0.717, 1.165) is 50.8 Å². The van der Waals surface area contributed by atoms with Gasteiger partial charge in [0.1, 0.15) is 5.00 Å². The minimum atomic E-state index is -0.103. The summed E-state index contributed by atoms with van der Waals surface area (Å²) in [5.74, 6) is 0.518. The summed E-state index contributed by atoms with van der Waals surface area (Å²) in [5, 5.41) is 6.68. The Bertz CT molecular complexity index is 674. The van der Waals surface area contributed by atoms with Gasteiger partial charge >= 0.3 is 0 Å². The Morgan fingerprint density at radius 2 is 2.07 bits per heavy atom. The maximum absolute atomic E-state index is 12.8. The Hall–Kier alpha value is -1.44. The number of carbonyl (C=O) groups is 2. The van der Waals surface area contributed by atoms with Crippen LogP contribution in [0.3, 0.4) is 0 Å². The summed E-state index contributed by atoms with van der Waals surface area (Å²) in [4.78, 5) is 28.9. The molecule has 1 aromatic rings. The van der Waals surface area contributed by atoms with Gasteiger partial charge in [-0.3, -0.25) is 14.5 Å². The van der Waals surface area contributed by atoms with E-state index in [9.17, 15) is 9.59 Å². The maximum atomic E-state index is 12.8. The van der Waals surface area contributed by atoms with Gasteiger partial charge in [0, 0.05) is 25.1 Å². The number of methoxy groups -OCH3 is 1. The minimum Gasteiger partial charge on any atom is -0.383 e. The maximum Gasteiger partial charge on any atom is 0.254 e. The molecule has 1 aliphatic heterocycles. The number of nitrogens with one attached hydrogen (secondary N) is 2. The fraction of sp³-hybridized carbons (Fsp3) is 0.700. The van der Waals surface area contributed by atoms with Crippen LogP contribution in [0.1, 0.15) is 53.4 Å². The molecule has 0 aromatic carbocycles. The quantitative estimate of drug-likeness (QED) is 0.699. The highest BCUT2D eigenvalue weighted by Gasteiger charge is 2.27. The van der Waals surface area contributed by atoms with Crippen molar-refractivity contribution in [2.75, 3.05) is 45.2 Å². The molecule has 2 N–H and O–H groups in total. The third-order valence-corrected chi connectivity index (χ3v) is 6.56. The lowest BCUT2D eigenvalue weighted by atomic mass is 9.95. The first-order chi connectivity index (χ1) is 13.1. The fourth-order valence-electron chi connectivity index (χ4n) is 4.05. The van der Waals surface area contributed by atoms with Crippen LogP contribution in [0.5, 0.6) is 0 Å². The Kier molecular flexibility index (Phi) is 7.26. The molecule has 0 radical (unpaired) electrons. The number of aryl methyl sites for hydroxylation is 1. The molecule has 0 unspecified atom stereocenters.